The first-order valence-electron chi connectivity index (χ1n) is 4.84. The molecule has 0 N–H and O–H groups in total. The standard InChI is InChI=1S/C13H9N2/c1-2-5-12-10-13(7-6-11(12)4-1)15-9-3-8-14-15/h1-7,9-10H. The van der Waals surface area contributed by atoms with E-state index in [2.05, 4.69) is 41.6 Å². The third-order valence-electron chi connectivity index (χ3n) is 2.45. The molecule has 0 aliphatic carbocycles. The van der Waals surface area contributed by atoms with E-state index in [-0.39, 0.29) is 0 Å². The van der Waals surface area contributed by atoms with Crippen molar-refractivity contribution in [2.24, 2.45) is 0 Å². The van der Waals surface area contributed by atoms with Crippen LogP contribution in [0.1, 0.15) is 0 Å². The zero-order valence-electron chi connectivity index (χ0n) is 8.09. The lowest BCUT2D eigenvalue weighted by Gasteiger charge is -2.03. The molecule has 0 saturated carbocycles. The SMILES string of the molecule is [c]1ccn(-c2ccc3ccccc3c2)n1. The molecule has 0 aliphatic rings. The van der Waals surface area contributed by atoms with E-state index >= 15 is 0 Å². The van der Waals surface area contributed by atoms with Crippen LogP contribution in [0, 0.1) is 6.20 Å². The van der Waals surface area contributed by atoms with Crippen LogP contribution in [0.15, 0.2) is 54.7 Å². The highest BCUT2D eigenvalue weighted by Gasteiger charge is 1.97. The molecule has 2 aromatic carbocycles. The summed E-state index contributed by atoms with van der Waals surface area (Å²) in [6.07, 6.45) is 4.68. The maximum Gasteiger partial charge on any atom is 0.113 e. The number of nitrogens with zero attached hydrogens (tertiary/aromatic N) is 2. The van der Waals surface area contributed by atoms with Gasteiger partial charge in [-0.25, -0.2) is 4.68 Å². The number of fused-ring (bicyclic) bond motifs is 1. The summed E-state index contributed by atoms with van der Waals surface area (Å²) in [4.78, 5) is 0. The molecule has 0 atom stereocenters. The minimum atomic E-state index is 1.06. The van der Waals surface area contributed by atoms with Crippen LogP contribution in [0.5, 0.6) is 0 Å². The van der Waals surface area contributed by atoms with Crippen molar-refractivity contribution in [3.63, 3.8) is 0 Å². The molecule has 2 heteroatoms. The highest BCUT2D eigenvalue weighted by molar-refractivity contribution is 5.84. The molecule has 1 radical (unpaired) electrons. The zero-order chi connectivity index (χ0) is 10.1. The fourth-order valence-electron chi connectivity index (χ4n) is 1.70. The predicted octanol–water partition coefficient (Wildman–Crippen LogP) is 2.83. The number of hydrogen-bond acceptors (Lipinski definition) is 1. The van der Waals surface area contributed by atoms with Crippen molar-refractivity contribution < 1.29 is 0 Å². The van der Waals surface area contributed by atoms with E-state index in [9.17, 15) is 0 Å². The zero-order valence-corrected chi connectivity index (χ0v) is 8.09. The molecule has 2 nitrogen and oxygen atoms in total. The second-order valence-corrected chi connectivity index (χ2v) is 3.42. The van der Waals surface area contributed by atoms with Gasteiger partial charge in [0, 0.05) is 6.20 Å². The Labute approximate surface area is 87.8 Å². The van der Waals surface area contributed by atoms with E-state index in [1.54, 1.807) is 6.07 Å². The van der Waals surface area contributed by atoms with Crippen molar-refractivity contribution in [3.05, 3.63) is 60.9 Å². The van der Waals surface area contributed by atoms with Crippen LogP contribution in [0.25, 0.3) is 16.5 Å². The Kier molecular flexibility index (Phi) is 1.78. The normalized spacial score (nSPS) is 10.7. The third-order valence-corrected chi connectivity index (χ3v) is 2.45. The summed E-state index contributed by atoms with van der Waals surface area (Å²) in [6.45, 7) is 0. The third kappa shape index (κ3) is 1.40. The van der Waals surface area contributed by atoms with Crippen LogP contribution in [0.2, 0.25) is 0 Å². The van der Waals surface area contributed by atoms with Gasteiger partial charge in [0.1, 0.15) is 6.20 Å². The highest BCUT2D eigenvalue weighted by Crippen LogP contribution is 2.17. The molecule has 3 rings (SSSR count). The van der Waals surface area contributed by atoms with Gasteiger partial charge in [-0.1, -0.05) is 30.3 Å². The Balaban J connectivity index is 2.22. The van der Waals surface area contributed by atoms with Gasteiger partial charge in [0.05, 0.1) is 5.69 Å². The number of hydrogen-bond donors (Lipinski definition) is 0. The number of aromatic nitrogens is 2. The number of benzene rings is 2. The Bertz CT molecular complexity index is 582. The van der Waals surface area contributed by atoms with Crippen LogP contribution in [-0.4, -0.2) is 9.78 Å². The molecule has 1 aromatic heterocycles. The molecule has 1 heterocycles. The quantitative estimate of drug-likeness (QED) is 0.581. The Morgan fingerprint density at radius 2 is 1.87 bits per heavy atom. The van der Waals surface area contributed by atoms with Crippen LogP contribution in [0.3, 0.4) is 0 Å². The average Bonchev–Trinajstić information content (AvgIpc) is 2.82. The summed E-state index contributed by atoms with van der Waals surface area (Å²) in [5.41, 5.74) is 1.06. The molecule has 71 valence electrons. The van der Waals surface area contributed by atoms with E-state index in [0.29, 0.717) is 0 Å². The Morgan fingerprint density at radius 3 is 2.67 bits per heavy atom. The van der Waals surface area contributed by atoms with Gasteiger partial charge < -0.3 is 0 Å². The van der Waals surface area contributed by atoms with Crippen molar-refractivity contribution >= 4 is 10.8 Å². The Morgan fingerprint density at radius 1 is 1.00 bits per heavy atom. The second kappa shape index (κ2) is 3.24. The van der Waals surface area contributed by atoms with E-state index in [1.165, 1.54) is 10.8 Å². The first kappa shape index (κ1) is 8.24. The van der Waals surface area contributed by atoms with Crippen LogP contribution in [0.4, 0.5) is 0 Å². The van der Waals surface area contributed by atoms with E-state index in [4.69, 9.17) is 0 Å². The number of rotatable bonds is 1. The van der Waals surface area contributed by atoms with Gasteiger partial charge in [0.2, 0.25) is 0 Å². The summed E-state index contributed by atoms with van der Waals surface area (Å²) in [5, 5.41) is 6.56. The van der Waals surface area contributed by atoms with E-state index < -0.39 is 0 Å². The molecule has 3 aromatic rings. The lowest BCUT2D eigenvalue weighted by molar-refractivity contribution is 0.879. The topological polar surface area (TPSA) is 17.8 Å². The van der Waals surface area contributed by atoms with Crippen molar-refractivity contribution in [1.29, 1.82) is 0 Å². The van der Waals surface area contributed by atoms with Gasteiger partial charge in [-0.3, -0.25) is 0 Å². The first-order chi connectivity index (χ1) is 7.43. The van der Waals surface area contributed by atoms with Gasteiger partial charge in [0.25, 0.3) is 0 Å². The van der Waals surface area contributed by atoms with Crippen LogP contribution < -0.4 is 0 Å². The molecular weight excluding hydrogens is 184 g/mol. The molecule has 0 fully saturated rings. The summed E-state index contributed by atoms with van der Waals surface area (Å²) in [6, 6.07) is 16.4. The van der Waals surface area contributed by atoms with E-state index in [1.807, 2.05) is 23.0 Å². The maximum atomic E-state index is 4.08. The molecule has 0 unspecified atom stereocenters. The van der Waals surface area contributed by atoms with Crippen LogP contribution >= 0.6 is 0 Å². The highest BCUT2D eigenvalue weighted by atomic mass is 15.3. The van der Waals surface area contributed by atoms with Gasteiger partial charge in [-0.15, -0.1) is 0 Å². The summed E-state index contributed by atoms with van der Waals surface area (Å²) >= 11 is 0. The monoisotopic (exact) mass is 193 g/mol. The fourth-order valence-corrected chi connectivity index (χ4v) is 1.70. The van der Waals surface area contributed by atoms with Crippen molar-refractivity contribution in [3.8, 4) is 5.69 Å². The molecule has 0 saturated heterocycles. The fraction of sp³-hybridized carbons (Fsp3) is 0. The lowest BCUT2D eigenvalue weighted by atomic mass is 10.1. The molecule has 15 heavy (non-hydrogen) atoms. The minimum absolute atomic E-state index is 1.06. The molecule has 0 aliphatic heterocycles. The van der Waals surface area contributed by atoms with Gasteiger partial charge in [-0.2, -0.15) is 5.10 Å². The first-order valence-corrected chi connectivity index (χ1v) is 4.84. The van der Waals surface area contributed by atoms with Gasteiger partial charge >= 0.3 is 0 Å². The second-order valence-electron chi connectivity index (χ2n) is 3.42. The van der Waals surface area contributed by atoms with Crippen LogP contribution in [-0.2, 0) is 0 Å². The smallest absolute Gasteiger partial charge is 0.113 e. The molecular formula is C13H9N2. The predicted molar refractivity (Wildman–Crippen MR) is 59.9 cm³/mol. The Hall–Kier alpha value is -2.09. The molecule has 0 amide bonds. The maximum absolute atomic E-state index is 4.08. The van der Waals surface area contributed by atoms with Gasteiger partial charge in [-0.05, 0) is 29.0 Å². The van der Waals surface area contributed by atoms with Crippen molar-refractivity contribution in [1.82, 2.24) is 9.78 Å². The summed E-state index contributed by atoms with van der Waals surface area (Å²) < 4.78 is 1.81. The summed E-state index contributed by atoms with van der Waals surface area (Å²) in [7, 11) is 0. The van der Waals surface area contributed by atoms with Gasteiger partial charge in [0.15, 0.2) is 0 Å². The molecule has 0 bridgehead atoms. The largest absolute Gasteiger partial charge is 0.240 e. The summed E-state index contributed by atoms with van der Waals surface area (Å²) in [5.74, 6) is 0. The average molecular weight is 193 g/mol. The van der Waals surface area contributed by atoms with Crippen molar-refractivity contribution in [2.75, 3.05) is 0 Å². The van der Waals surface area contributed by atoms with E-state index in [0.717, 1.165) is 5.69 Å². The lowest BCUT2D eigenvalue weighted by Crippen LogP contribution is -1.93. The van der Waals surface area contributed by atoms with Crippen molar-refractivity contribution in [2.45, 2.75) is 0 Å². The minimum Gasteiger partial charge on any atom is -0.240 e. The molecule has 0 spiro atoms.